The molecule has 27 heavy (non-hydrogen) atoms. The molecule has 1 atom stereocenters. The van der Waals surface area contributed by atoms with Crippen molar-refractivity contribution in [1.29, 1.82) is 5.26 Å². The highest BCUT2D eigenvalue weighted by Crippen LogP contribution is 2.48. The van der Waals surface area contributed by atoms with Gasteiger partial charge >= 0.3 is 0 Å². The molecule has 0 radical (unpaired) electrons. The number of carbonyl (C=O) groups is 1. The molecule has 4 rings (SSSR count). The van der Waals surface area contributed by atoms with Crippen LogP contribution < -0.4 is 10.6 Å². The molecule has 1 unspecified atom stereocenters. The van der Waals surface area contributed by atoms with Crippen LogP contribution in [0.4, 0.5) is 5.69 Å². The number of nitriles is 1. The van der Waals surface area contributed by atoms with Crippen molar-refractivity contribution in [3.05, 3.63) is 72.2 Å². The lowest BCUT2D eigenvalue weighted by Crippen LogP contribution is -2.38. The number of benzene rings is 1. The van der Waals surface area contributed by atoms with Crippen molar-refractivity contribution in [1.82, 2.24) is 0 Å². The third-order valence-electron chi connectivity index (χ3n) is 4.88. The third kappa shape index (κ3) is 3.16. The highest BCUT2D eigenvalue weighted by molar-refractivity contribution is 9.11. The lowest BCUT2D eigenvalue weighted by atomic mass is 9.78. The number of thiophene rings is 1. The molecule has 2 aliphatic rings. The molecule has 2 aromatic rings. The van der Waals surface area contributed by atoms with Crippen molar-refractivity contribution in [2.75, 3.05) is 4.90 Å². The Morgan fingerprint density at radius 3 is 2.52 bits per heavy atom. The Bertz CT molecular complexity index is 1030. The average Bonchev–Trinajstić information content (AvgIpc) is 3.08. The Morgan fingerprint density at radius 2 is 1.89 bits per heavy atom. The summed E-state index contributed by atoms with van der Waals surface area (Å²) < 4.78 is 1.93. The van der Waals surface area contributed by atoms with Crippen molar-refractivity contribution < 1.29 is 4.79 Å². The fraction of sp³-hybridized carbons (Fsp3) is 0.200. The van der Waals surface area contributed by atoms with E-state index < -0.39 is 0 Å². The molecule has 7 heteroatoms. The molecule has 0 amide bonds. The number of hydrogen-bond donors (Lipinski definition) is 1. The van der Waals surface area contributed by atoms with Crippen LogP contribution in [0.5, 0.6) is 0 Å². The molecule has 136 valence electrons. The van der Waals surface area contributed by atoms with Crippen LogP contribution in [-0.4, -0.2) is 5.78 Å². The number of Topliss-reactive ketones (excluding diaryl/α,β-unsaturated/α-hetero) is 1. The Labute approximate surface area is 178 Å². The van der Waals surface area contributed by atoms with E-state index in [9.17, 15) is 10.1 Å². The van der Waals surface area contributed by atoms with Gasteiger partial charge in [0.25, 0.3) is 0 Å². The van der Waals surface area contributed by atoms with E-state index >= 15 is 0 Å². The minimum Gasteiger partial charge on any atom is -0.384 e. The van der Waals surface area contributed by atoms with Crippen molar-refractivity contribution in [3.8, 4) is 6.07 Å². The standard InChI is InChI=1S/C20H15Br2N3OS/c21-11-4-6-12(7-5-11)25-14-2-1-3-15(26)19(14)18(13(10-23)20(25)24)16-8-9-17(22)27-16/h4-9,18H,1-3,24H2. The zero-order chi connectivity index (χ0) is 19.1. The van der Waals surface area contributed by atoms with Gasteiger partial charge in [-0.05, 0) is 65.2 Å². The number of carbonyl (C=O) groups excluding carboxylic acids is 1. The molecule has 1 aromatic heterocycles. The maximum atomic E-state index is 12.9. The number of nitrogens with two attached hydrogens (primary N) is 1. The van der Waals surface area contributed by atoms with Crippen LogP contribution in [0.1, 0.15) is 30.1 Å². The number of nitrogens with zero attached hydrogens (tertiary/aromatic N) is 2. The van der Waals surface area contributed by atoms with Gasteiger partial charge in [0.1, 0.15) is 5.82 Å². The molecular formula is C20H15Br2N3OS. The van der Waals surface area contributed by atoms with Gasteiger partial charge in [-0.2, -0.15) is 5.26 Å². The van der Waals surface area contributed by atoms with E-state index in [0.717, 1.165) is 37.4 Å². The quantitative estimate of drug-likeness (QED) is 0.579. The molecule has 1 aromatic carbocycles. The molecule has 1 aliphatic heterocycles. The number of rotatable bonds is 2. The maximum Gasteiger partial charge on any atom is 0.161 e. The molecule has 4 nitrogen and oxygen atoms in total. The topological polar surface area (TPSA) is 70.1 Å². The second-order valence-electron chi connectivity index (χ2n) is 6.43. The Kier molecular flexibility index (Phi) is 4.97. The summed E-state index contributed by atoms with van der Waals surface area (Å²) in [5.74, 6) is 0.122. The highest BCUT2D eigenvalue weighted by Gasteiger charge is 2.40. The summed E-state index contributed by atoms with van der Waals surface area (Å²) in [4.78, 5) is 15.8. The first-order chi connectivity index (χ1) is 13.0. The average molecular weight is 505 g/mol. The number of hydrogen-bond acceptors (Lipinski definition) is 5. The molecule has 2 N–H and O–H groups in total. The summed E-state index contributed by atoms with van der Waals surface area (Å²) in [7, 11) is 0. The second kappa shape index (κ2) is 7.27. The minimum absolute atomic E-state index is 0.105. The number of ketones is 1. The third-order valence-corrected chi connectivity index (χ3v) is 7.09. The molecule has 0 fully saturated rings. The predicted molar refractivity (Wildman–Crippen MR) is 114 cm³/mol. The van der Waals surface area contributed by atoms with E-state index in [0.29, 0.717) is 23.4 Å². The van der Waals surface area contributed by atoms with Crippen LogP contribution in [-0.2, 0) is 4.79 Å². The fourth-order valence-corrected chi connectivity index (χ4v) is 5.55. The van der Waals surface area contributed by atoms with Gasteiger partial charge in [-0.1, -0.05) is 15.9 Å². The number of anilines is 1. The van der Waals surface area contributed by atoms with Crippen LogP contribution >= 0.6 is 43.2 Å². The molecular weight excluding hydrogens is 490 g/mol. The highest BCUT2D eigenvalue weighted by atomic mass is 79.9. The SMILES string of the molecule is N#CC1=C(N)N(c2ccc(Br)cc2)C2=C(C(=O)CCC2)C1c1ccc(Br)s1. The summed E-state index contributed by atoms with van der Waals surface area (Å²) in [6.07, 6.45) is 2.06. The largest absolute Gasteiger partial charge is 0.384 e. The molecule has 2 heterocycles. The first-order valence-electron chi connectivity index (χ1n) is 8.48. The van der Waals surface area contributed by atoms with Gasteiger partial charge in [0, 0.05) is 32.7 Å². The zero-order valence-corrected chi connectivity index (χ0v) is 18.2. The lowest BCUT2D eigenvalue weighted by molar-refractivity contribution is -0.116. The van der Waals surface area contributed by atoms with Crippen molar-refractivity contribution in [3.63, 3.8) is 0 Å². The van der Waals surface area contributed by atoms with Crippen LogP contribution in [0.2, 0.25) is 0 Å². The summed E-state index contributed by atoms with van der Waals surface area (Å²) in [5, 5.41) is 9.92. The predicted octanol–water partition coefficient (Wildman–Crippen LogP) is 5.58. The first kappa shape index (κ1) is 18.5. The maximum absolute atomic E-state index is 12.9. The second-order valence-corrected chi connectivity index (χ2v) is 9.84. The molecule has 0 saturated carbocycles. The van der Waals surface area contributed by atoms with E-state index in [4.69, 9.17) is 5.73 Å². The van der Waals surface area contributed by atoms with Crippen LogP contribution in [0, 0.1) is 11.3 Å². The Hall–Kier alpha value is -1.88. The van der Waals surface area contributed by atoms with Crippen molar-refractivity contribution >= 4 is 54.7 Å². The van der Waals surface area contributed by atoms with Crippen molar-refractivity contribution in [2.24, 2.45) is 5.73 Å². The molecule has 0 bridgehead atoms. The number of halogens is 2. The van der Waals surface area contributed by atoms with Crippen molar-refractivity contribution in [2.45, 2.75) is 25.2 Å². The van der Waals surface area contributed by atoms with Crippen LogP contribution in [0.25, 0.3) is 0 Å². The van der Waals surface area contributed by atoms with Crippen LogP contribution in [0.3, 0.4) is 0 Å². The van der Waals surface area contributed by atoms with Gasteiger partial charge in [-0.3, -0.25) is 9.69 Å². The Morgan fingerprint density at radius 1 is 1.15 bits per heavy atom. The zero-order valence-electron chi connectivity index (χ0n) is 14.2. The minimum atomic E-state index is -0.388. The molecule has 1 aliphatic carbocycles. The van der Waals surface area contributed by atoms with E-state index in [1.54, 1.807) is 0 Å². The van der Waals surface area contributed by atoms with Gasteiger partial charge in [0.2, 0.25) is 0 Å². The summed E-state index contributed by atoms with van der Waals surface area (Å²) >= 11 is 8.47. The smallest absolute Gasteiger partial charge is 0.161 e. The van der Waals surface area contributed by atoms with E-state index in [1.165, 1.54) is 11.3 Å². The monoisotopic (exact) mass is 503 g/mol. The van der Waals surface area contributed by atoms with Gasteiger partial charge < -0.3 is 5.73 Å². The van der Waals surface area contributed by atoms with Gasteiger partial charge in [-0.25, -0.2) is 0 Å². The van der Waals surface area contributed by atoms with E-state index in [2.05, 4.69) is 37.9 Å². The van der Waals surface area contributed by atoms with Gasteiger partial charge in [0.05, 0.1) is 21.3 Å². The summed E-state index contributed by atoms with van der Waals surface area (Å²) in [5.41, 5.74) is 9.43. The lowest BCUT2D eigenvalue weighted by Gasteiger charge is -2.39. The fourth-order valence-electron chi connectivity index (χ4n) is 3.74. The first-order valence-corrected chi connectivity index (χ1v) is 10.9. The van der Waals surface area contributed by atoms with Gasteiger partial charge in [0.15, 0.2) is 5.78 Å². The normalized spacial score (nSPS) is 20.0. The number of allylic oxidation sites excluding steroid dienone is 3. The van der Waals surface area contributed by atoms with E-state index in [1.807, 2.05) is 41.3 Å². The van der Waals surface area contributed by atoms with Crippen LogP contribution in [0.15, 0.2) is 67.3 Å². The molecule has 0 spiro atoms. The summed E-state index contributed by atoms with van der Waals surface area (Å²) in [6, 6.07) is 13.9. The van der Waals surface area contributed by atoms with E-state index in [-0.39, 0.29) is 11.7 Å². The molecule has 0 saturated heterocycles. The summed E-state index contributed by atoms with van der Waals surface area (Å²) in [6.45, 7) is 0. The Balaban J connectivity index is 1.96. The van der Waals surface area contributed by atoms with Gasteiger partial charge in [-0.15, -0.1) is 11.3 Å².